The van der Waals surface area contributed by atoms with Crippen molar-refractivity contribution in [3.05, 3.63) is 28.0 Å². The Morgan fingerprint density at radius 2 is 2.29 bits per heavy atom. The maximum atomic E-state index is 13.8. The van der Waals surface area contributed by atoms with Crippen LogP contribution >= 0.6 is 15.9 Å². The van der Waals surface area contributed by atoms with Crippen molar-refractivity contribution in [2.24, 2.45) is 11.7 Å². The highest BCUT2D eigenvalue weighted by Gasteiger charge is 2.31. The van der Waals surface area contributed by atoms with E-state index in [0.717, 1.165) is 5.56 Å². The van der Waals surface area contributed by atoms with Gasteiger partial charge in [0.1, 0.15) is 5.82 Å². The summed E-state index contributed by atoms with van der Waals surface area (Å²) in [6, 6.07) is 3.09. The van der Waals surface area contributed by atoms with Gasteiger partial charge >= 0.3 is 0 Å². The third-order valence-corrected chi connectivity index (χ3v) is 3.91. The molecule has 1 heterocycles. The number of benzene rings is 1. The molecule has 1 unspecified atom stereocenters. The summed E-state index contributed by atoms with van der Waals surface area (Å²) in [6.07, 6.45) is 0.408. The van der Waals surface area contributed by atoms with E-state index < -0.39 is 0 Å². The summed E-state index contributed by atoms with van der Waals surface area (Å²) in [5.74, 6) is -0.305. The number of nitrogens with zero attached hydrogens (tertiary/aromatic N) is 1. The predicted molar refractivity (Wildman–Crippen MR) is 68.4 cm³/mol. The molecule has 5 heteroatoms. The number of amides is 1. The van der Waals surface area contributed by atoms with Crippen LogP contribution in [0.15, 0.2) is 16.6 Å². The largest absolute Gasteiger partial charge is 0.330 e. The van der Waals surface area contributed by atoms with Gasteiger partial charge in [0.25, 0.3) is 0 Å². The quantitative estimate of drug-likeness (QED) is 0.910. The van der Waals surface area contributed by atoms with Crippen LogP contribution in [0.4, 0.5) is 10.1 Å². The van der Waals surface area contributed by atoms with Gasteiger partial charge in [-0.1, -0.05) is 15.9 Å². The van der Waals surface area contributed by atoms with Crippen LogP contribution in [0.25, 0.3) is 0 Å². The Labute approximate surface area is 108 Å². The lowest BCUT2D eigenvalue weighted by Gasteiger charge is -2.18. The van der Waals surface area contributed by atoms with E-state index in [1.807, 2.05) is 6.92 Å². The summed E-state index contributed by atoms with van der Waals surface area (Å²) in [5.41, 5.74) is 6.81. The Kier molecular flexibility index (Phi) is 3.49. The highest BCUT2D eigenvalue weighted by molar-refractivity contribution is 9.10. The molecule has 1 amide bonds. The second-order valence-electron chi connectivity index (χ2n) is 4.36. The van der Waals surface area contributed by atoms with E-state index in [-0.39, 0.29) is 17.6 Å². The minimum Gasteiger partial charge on any atom is -0.330 e. The third-order valence-electron chi connectivity index (χ3n) is 3.06. The van der Waals surface area contributed by atoms with Gasteiger partial charge in [-0.3, -0.25) is 4.79 Å². The molecule has 0 radical (unpaired) electrons. The average molecular weight is 301 g/mol. The van der Waals surface area contributed by atoms with Gasteiger partial charge in [0.05, 0.1) is 5.69 Å². The lowest BCUT2D eigenvalue weighted by Crippen LogP contribution is -2.26. The zero-order chi connectivity index (χ0) is 12.6. The number of nitrogens with two attached hydrogens (primary N) is 1. The predicted octanol–water partition coefficient (Wildman–Crippen LogP) is 2.21. The summed E-state index contributed by atoms with van der Waals surface area (Å²) < 4.78 is 14.5. The van der Waals surface area contributed by atoms with Gasteiger partial charge in [-0.05, 0) is 37.1 Å². The third kappa shape index (κ3) is 2.35. The second-order valence-corrected chi connectivity index (χ2v) is 5.22. The average Bonchev–Trinajstić information content (AvgIpc) is 2.65. The molecule has 0 bridgehead atoms. The molecular formula is C12H14BrFN2O. The number of carbonyl (C=O) groups excluding carboxylic acids is 1. The lowest BCUT2D eigenvalue weighted by atomic mass is 10.1. The lowest BCUT2D eigenvalue weighted by molar-refractivity contribution is -0.117. The zero-order valence-corrected chi connectivity index (χ0v) is 11.1. The molecule has 0 saturated carbocycles. The van der Waals surface area contributed by atoms with Gasteiger partial charge in [-0.25, -0.2) is 4.39 Å². The molecule has 2 N–H and O–H groups in total. The maximum absolute atomic E-state index is 13.8. The Morgan fingerprint density at radius 1 is 1.59 bits per heavy atom. The first-order valence-corrected chi connectivity index (χ1v) is 6.28. The van der Waals surface area contributed by atoms with Crippen molar-refractivity contribution in [1.29, 1.82) is 0 Å². The molecule has 92 valence electrons. The van der Waals surface area contributed by atoms with Crippen molar-refractivity contribution in [1.82, 2.24) is 0 Å². The number of aryl methyl sites for hydroxylation is 1. The zero-order valence-electron chi connectivity index (χ0n) is 9.54. The topological polar surface area (TPSA) is 46.3 Å². The minimum absolute atomic E-state index is 0.0546. The normalized spacial score (nSPS) is 20.1. The number of carbonyl (C=O) groups is 1. The van der Waals surface area contributed by atoms with Crippen molar-refractivity contribution >= 4 is 27.5 Å². The molecule has 1 aromatic carbocycles. The first-order chi connectivity index (χ1) is 8.02. The Hall–Kier alpha value is -0.940. The number of rotatable bonds is 2. The summed E-state index contributed by atoms with van der Waals surface area (Å²) in [6.45, 7) is 2.83. The fraction of sp³-hybridized carbons (Fsp3) is 0.417. The molecule has 1 fully saturated rings. The number of hydrogen-bond acceptors (Lipinski definition) is 2. The number of halogens is 2. The smallest absolute Gasteiger partial charge is 0.227 e. The van der Waals surface area contributed by atoms with E-state index in [2.05, 4.69) is 15.9 Å². The van der Waals surface area contributed by atoms with Gasteiger partial charge in [-0.15, -0.1) is 0 Å². The van der Waals surface area contributed by atoms with Crippen molar-refractivity contribution in [2.75, 3.05) is 18.0 Å². The van der Waals surface area contributed by atoms with E-state index in [9.17, 15) is 9.18 Å². The van der Waals surface area contributed by atoms with Crippen LogP contribution in [-0.4, -0.2) is 19.0 Å². The van der Waals surface area contributed by atoms with Gasteiger partial charge in [-0.2, -0.15) is 0 Å². The van der Waals surface area contributed by atoms with Gasteiger partial charge in [0.2, 0.25) is 5.91 Å². The summed E-state index contributed by atoms with van der Waals surface area (Å²) >= 11 is 3.27. The molecule has 1 saturated heterocycles. The molecule has 1 aliphatic heterocycles. The Morgan fingerprint density at radius 3 is 2.88 bits per heavy atom. The molecule has 2 rings (SSSR count). The molecule has 17 heavy (non-hydrogen) atoms. The van der Waals surface area contributed by atoms with E-state index in [1.165, 1.54) is 11.0 Å². The Bertz CT molecular complexity index is 464. The van der Waals surface area contributed by atoms with E-state index in [4.69, 9.17) is 5.73 Å². The standard InChI is InChI=1S/C12H14BrFN2O/c1-7-2-11(10(14)4-9(7)13)16-6-8(5-15)3-12(16)17/h2,4,8H,3,5-6,15H2,1H3. The van der Waals surface area contributed by atoms with E-state index >= 15 is 0 Å². The van der Waals surface area contributed by atoms with Crippen LogP contribution in [-0.2, 0) is 4.79 Å². The van der Waals surface area contributed by atoms with Gasteiger partial charge in [0, 0.05) is 17.4 Å². The first kappa shape index (κ1) is 12.5. The van der Waals surface area contributed by atoms with Crippen molar-refractivity contribution in [3.63, 3.8) is 0 Å². The summed E-state index contributed by atoms with van der Waals surface area (Å²) in [5, 5.41) is 0. The molecule has 0 aromatic heterocycles. The summed E-state index contributed by atoms with van der Waals surface area (Å²) in [4.78, 5) is 13.3. The minimum atomic E-state index is -0.381. The molecule has 1 aromatic rings. The number of anilines is 1. The SMILES string of the molecule is Cc1cc(N2CC(CN)CC2=O)c(F)cc1Br. The molecule has 1 atom stereocenters. The molecular weight excluding hydrogens is 287 g/mol. The first-order valence-electron chi connectivity index (χ1n) is 5.49. The molecule has 0 aliphatic carbocycles. The van der Waals surface area contributed by atoms with E-state index in [1.54, 1.807) is 6.07 Å². The summed E-state index contributed by atoms with van der Waals surface area (Å²) in [7, 11) is 0. The van der Waals surface area contributed by atoms with Gasteiger partial charge in [0.15, 0.2) is 0 Å². The van der Waals surface area contributed by atoms with Crippen LogP contribution in [0, 0.1) is 18.7 Å². The van der Waals surface area contributed by atoms with Crippen molar-refractivity contribution in [3.8, 4) is 0 Å². The highest BCUT2D eigenvalue weighted by atomic mass is 79.9. The Balaban J connectivity index is 2.35. The second kappa shape index (κ2) is 4.74. The fourth-order valence-corrected chi connectivity index (χ4v) is 2.34. The molecule has 1 aliphatic rings. The van der Waals surface area contributed by atoms with Crippen LogP contribution < -0.4 is 10.6 Å². The molecule has 0 spiro atoms. The van der Waals surface area contributed by atoms with Crippen LogP contribution in [0.1, 0.15) is 12.0 Å². The monoisotopic (exact) mass is 300 g/mol. The van der Waals surface area contributed by atoms with Crippen molar-refractivity contribution in [2.45, 2.75) is 13.3 Å². The van der Waals surface area contributed by atoms with E-state index in [0.29, 0.717) is 29.7 Å². The van der Waals surface area contributed by atoms with Crippen LogP contribution in [0.3, 0.4) is 0 Å². The molecule has 3 nitrogen and oxygen atoms in total. The fourth-order valence-electron chi connectivity index (χ4n) is 2.02. The van der Waals surface area contributed by atoms with Gasteiger partial charge < -0.3 is 10.6 Å². The maximum Gasteiger partial charge on any atom is 0.227 e. The highest BCUT2D eigenvalue weighted by Crippen LogP contribution is 2.30. The van der Waals surface area contributed by atoms with Crippen molar-refractivity contribution < 1.29 is 9.18 Å². The number of hydrogen-bond donors (Lipinski definition) is 1. The van der Waals surface area contributed by atoms with Crippen LogP contribution in [0.2, 0.25) is 0 Å². The van der Waals surface area contributed by atoms with Crippen LogP contribution in [0.5, 0.6) is 0 Å².